The number of nitrogens with zero attached hydrogens (tertiary/aromatic N) is 1. The molecular formula is C24H24NO4+. The largest absolute Gasteiger partial charge is 0.481 e. The third-order valence-corrected chi connectivity index (χ3v) is 5.66. The second-order valence-electron chi connectivity index (χ2n) is 8.36. The summed E-state index contributed by atoms with van der Waals surface area (Å²) < 4.78 is 10.4. The Kier molecular flexibility index (Phi) is 4.02. The molecule has 5 nitrogen and oxygen atoms in total. The zero-order valence-electron chi connectivity index (χ0n) is 17.2. The molecule has 2 aliphatic carbocycles. The molecule has 4 rings (SSSR count). The molecule has 0 heterocycles. The normalized spacial score (nSPS) is 22.1. The maximum atomic E-state index is 13.3. The number of aliphatic hydroxyl groups is 1. The minimum Gasteiger partial charge on any atom is -0.481 e. The molecule has 2 aliphatic rings. The molecule has 0 saturated heterocycles. The summed E-state index contributed by atoms with van der Waals surface area (Å²) >= 11 is 0. The molecule has 0 amide bonds. The van der Waals surface area contributed by atoms with Gasteiger partial charge in [-0.15, -0.1) is 0 Å². The van der Waals surface area contributed by atoms with Crippen LogP contribution in [0.25, 0.3) is 16.0 Å². The van der Waals surface area contributed by atoms with E-state index in [2.05, 4.69) is 10.9 Å². The van der Waals surface area contributed by atoms with E-state index in [1.54, 1.807) is 0 Å². The van der Waals surface area contributed by atoms with Gasteiger partial charge >= 0.3 is 5.97 Å². The Morgan fingerprint density at radius 2 is 1.48 bits per heavy atom. The molecule has 0 aromatic heterocycles. The van der Waals surface area contributed by atoms with Crippen molar-refractivity contribution in [3.8, 4) is 17.2 Å². The number of fused-ring (bicyclic) bond motifs is 5. The molecular weight excluding hydrogens is 366 g/mol. The highest BCUT2D eigenvalue weighted by Crippen LogP contribution is 2.78. The van der Waals surface area contributed by atoms with Gasteiger partial charge in [0.1, 0.15) is 0 Å². The Hall–Kier alpha value is -3.26. The van der Waals surface area contributed by atoms with Crippen LogP contribution in [0, 0.1) is 11.5 Å². The number of esters is 1. The van der Waals surface area contributed by atoms with Gasteiger partial charge in [-0.25, -0.2) is 4.79 Å². The Labute approximate surface area is 170 Å². The van der Waals surface area contributed by atoms with Gasteiger partial charge in [0.25, 0.3) is 17.6 Å². The maximum Gasteiger partial charge on any atom is 0.337 e. The van der Waals surface area contributed by atoms with Crippen LogP contribution in [0.1, 0.15) is 31.9 Å². The molecule has 1 fully saturated rings. The van der Waals surface area contributed by atoms with Crippen LogP contribution >= 0.6 is 0 Å². The van der Waals surface area contributed by atoms with Crippen molar-refractivity contribution in [1.29, 1.82) is 0 Å². The third-order valence-electron chi connectivity index (χ3n) is 5.66. The highest BCUT2D eigenvalue weighted by Gasteiger charge is 2.87. The number of rotatable bonds is 2. The Morgan fingerprint density at radius 1 is 0.966 bits per heavy atom. The average molecular weight is 390 g/mol. The third kappa shape index (κ3) is 2.29. The standard InChI is InChI=1S/C24H23NO4/c1-22(2,3)25-14-23(21(27)29-5)19(20(26)28-4)24(23)17-12-8-6-10-15(17)16-11-7-9-13-18(16)24/h6-13H,1-5H3/p+1/b20-19+. The van der Waals surface area contributed by atoms with Gasteiger partial charge in [0.2, 0.25) is 5.41 Å². The van der Waals surface area contributed by atoms with Crippen molar-refractivity contribution in [1.82, 2.24) is 0 Å². The smallest absolute Gasteiger partial charge is 0.337 e. The first kappa shape index (κ1) is 19.1. The van der Waals surface area contributed by atoms with Gasteiger partial charge in [0.05, 0.1) is 25.2 Å². The highest BCUT2D eigenvalue weighted by atomic mass is 16.6. The lowest BCUT2D eigenvalue weighted by atomic mass is 9.84. The summed E-state index contributed by atoms with van der Waals surface area (Å²) in [5.74, 6) is -0.839. The monoisotopic (exact) mass is 390 g/mol. The Bertz CT molecular complexity index is 1070. The van der Waals surface area contributed by atoms with Crippen LogP contribution in [0.15, 0.2) is 60.0 Å². The second kappa shape index (κ2) is 6.12. The lowest BCUT2D eigenvalue weighted by Crippen LogP contribution is -2.27. The number of ether oxygens (including phenoxy) is 2. The summed E-state index contributed by atoms with van der Waals surface area (Å²) in [6.07, 6.45) is 0. The zero-order chi connectivity index (χ0) is 21.0. The summed E-state index contributed by atoms with van der Waals surface area (Å²) in [5.41, 5.74) is 1.39. The number of benzene rings is 2. The van der Waals surface area contributed by atoms with E-state index < -0.39 is 22.3 Å². The van der Waals surface area contributed by atoms with Crippen molar-refractivity contribution in [2.24, 2.45) is 5.41 Å². The predicted molar refractivity (Wildman–Crippen MR) is 111 cm³/mol. The number of hydrogen-bond donors (Lipinski definition) is 1. The molecule has 5 heteroatoms. The van der Waals surface area contributed by atoms with Crippen molar-refractivity contribution < 1.29 is 19.4 Å². The molecule has 0 aliphatic heterocycles. The van der Waals surface area contributed by atoms with Crippen molar-refractivity contribution in [2.45, 2.75) is 31.7 Å². The Balaban J connectivity index is 2.16. The highest BCUT2D eigenvalue weighted by molar-refractivity contribution is 6.04. The van der Waals surface area contributed by atoms with Crippen molar-refractivity contribution in [3.63, 3.8) is 0 Å². The first-order chi connectivity index (χ1) is 13.8. The molecule has 1 unspecified atom stereocenters. The van der Waals surface area contributed by atoms with E-state index in [0.717, 1.165) is 22.3 Å². The average Bonchev–Trinajstić information content (AvgIpc) is 3.24. The fraction of sp³-hybridized carbons (Fsp3) is 0.333. The molecule has 29 heavy (non-hydrogen) atoms. The van der Waals surface area contributed by atoms with Crippen LogP contribution in [0.2, 0.25) is 0 Å². The van der Waals surface area contributed by atoms with E-state index >= 15 is 0 Å². The molecule has 0 radical (unpaired) electrons. The van der Waals surface area contributed by atoms with Crippen LogP contribution in [-0.4, -0.2) is 30.8 Å². The van der Waals surface area contributed by atoms with Gasteiger partial charge in [0.15, 0.2) is 0 Å². The molecule has 1 saturated carbocycles. The number of carbonyl (C=O) groups excluding carboxylic acids is 1. The van der Waals surface area contributed by atoms with Crippen LogP contribution in [-0.2, 0) is 19.7 Å². The topological polar surface area (TPSA) is 60.1 Å². The van der Waals surface area contributed by atoms with E-state index in [9.17, 15) is 9.90 Å². The van der Waals surface area contributed by atoms with Gasteiger partial charge in [0, 0.05) is 20.8 Å². The molecule has 1 spiro atoms. The summed E-state index contributed by atoms with van der Waals surface area (Å²) in [7, 11) is 2.72. The molecule has 2 aromatic rings. The fourth-order valence-electron chi connectivity index (χ4n) is 4.58. The number of aliphatic hydroxyl groups excluding tert-OH is 1. The van der Waals surface area contributed by atoms with E-state index in [1.165, 1.54) is 14.2 Å². The van der Waals surface area contributed by atoms with Crippen LogP contribution < -0.4 is 0 Å². The van der Waals surface area contributed by atoms with Gasteiger partial charge in [-0.1, -0.05) is 53.4 Å². The summed E-state index contributed by atoms with van der Waals surface area (Å²) in [4.78, 5) is 17.8. The fourth-order valence-corrected chi connectivity index (χ4v) is 4.58. The van der Waals surface area contributed by atoms with Crippen molar-refractivity contribution in [2.75, 3.05) is 14.2 Å². The molecule has 0 bridgehead atoms. The summed E-state index contributed by atoms with van der Waals surface area (Å²) in [6.45, 7) is 5.78. The molecule has 2 aromatic carbocycles. The maximum absolute atomic E-state index is 13.3. The van der Waals surface area contributed by atoms with Crippen molar-refractivity contribution in [3.05, 3.63) is 76.0 Å². The molecule has 148 valence electrons. The first-order valence-corrected chi connectivity index (χ1v) is 9.50. The number of carbonyl (C=O) groups is 1. The van der Waals surface area contributed by atoms with Gasteiger partial charge < -0.3 is 14.6 Å². The lowest BCUT2D eigenvalue weighted by Gasteiger charge is -2.14. The first-order valence-electron chi connectivity index (χ1n) is 9.50. The van der Waals surface area contributed by atoms with Gasteiger partial charge in [-0.2, -0.15) is 0 Å². The van der Waals surface area contributed by atoms with Gasteiger partial charge in [-0.05, 0) is 22.3 Å². The van der Waals surface area contributed by atoms with E-state index in [4.69, 9.17) is 9.47 Å². The molecule has 1 N–H and O–H groups in total. The van der Waals surface area contributed by atoms with Crippen LogP contribution in [0.3, 0.4) is 0 Å². The quantitative estimate of drug-likeness (QED) is 0.598. The summed E-state index contributed by atoms with van der Waals surface area (Å²) in [6, 6.07) is 18.9. The number of methoxy groups -OCH3 is 2. The minimum absolute atomic E-state index is 0.307. The number of hydrogen-bond acceptors (Lipinski definition) is 4. The van der Waals surface area contributed by atoms with E-state index in [1.807, 2.05) is 69.3 Å². The van der Waals surface area contributed by atoms with Crippen LogP contribution in [0.4, 0.5) is 0 Å². The van der Waals surface area contributed by atoms with Crippen molar-refractivity contribution >= 4 is 5.97 Å². The van der Waals surface area contributed by atoms with E-state index in [-0.39, 0.29) is 5.95 Å². The Morgan fingerprint density at radius 3 is 1.93 bits per heavy atom. The molecule has 1 atom stereocenters. The van der Waals surface area contributed by atoms with Crippen LogP contribution in [0.5, 0.6) is 0 Å². The SMILES string of the molecule is COC(=O)C1(C#[N+]C(C)(C)C)/C(=C(/O)OC)C12c1ccccc1-c1ccccc12. The minimum atomic E-state index is -1.40. The predicted octanol–water partition coefficient (Wildman–Crippen LogP) is 4.67. The van der Waals surface area contributed by atoms with E-state index in [0.29, 0.717) is 5.57 Å². The summed E-state index contributed by atoms with van der Waals surface area (Å²) in [5, 5.41) is 10.8. The van der Waals surface area contributed by atoms with Gasteiger partial charge in [-0.3, -0.25) is 0 Å². The lowest BCUT2D eigenvalue weighted by molar-refractivity contribution is -0.144. The zero-order valence-corrected chi connectivity index (χ0v) is 17.2. The second-order valence-corrected chi connectivity index (χ2v) is 8.36.